The molecule has 0 radical (unpaired) electrons. The molecule has 0 fully saturated rings. The van der Waals surface area contributed by atoms with Crippen LogP contribution < -0.4 is 0 Å². The van der Waals surface area contributed by atoms with Crippen molar-refractivity contribution in [2.45, 2.75) is 12.6 Å². The van der Waals surface area contributed by atoms with E-state index in [1.807, 2.05) is 30.3 Å². The molecule has 1 aliphatic carbocycles. The van der Waals surface area contributed by atoms with Crippen LogP contribution in [0.15, 0.2) is 48.3 Å². The van der Waals surface area contributed by atoms with Crippen LogP contribution >= 0.6 is 0 Å². The van der Waals surface area contributed by atoms with Gasteiger partial charge in [-0.1, -0.05) is 30.3 Å². The van der Waals surface area contributed by atoms with E-state index in [9.17, 15) is 8.78 Å². The lowest BCUT2D eigenvalue weighted by Gasteiger charge is -2.13. The van der Waals surface area contributed by atoms with Crippen molar-refractivity contribution in [1.29, 1.82) is 0 Å². The Bertz CT molecular complexity index is 377. The van der Waals surface area contributed by atoms with Crippen LogP contribution in [-0.4, -0.2) is 6.17 Å². The van der Waals surface area contributed by atoms with Crippen LogP contribution in [0.4, 0.5) is 8.78 Å². The molecule has 0 spiro atoms. The molecule has 0 saturated heterocycles. The van der Waals surface area contributed by atoms with Crippen molar-refractivity contribution >= 4 is 5.57 Å². The zero-order valence-corrected chi connectivity index (χ0v) is 7.58. The van der Waals surface area contributed by atoms with Crippen molar-refractivity contribution < 1.29 is 8.78 Å². The molecule has 2 heteroatoms. The molecule has 1 aliphatic rings. The number of alkyl halides is 1. The Morgan fingerprint density at radius 1 is 1.14 bits per heavy atom. The van der Waals surface area contributed by atoms with E-state index >= 15 is 0 Å². The second-order valence-corrected chi connectivity index (χ2v) is 3.31. The highest BCUT2D eigenvalue weighted by molar-refractivity contribution is 5.69. The summed E-state index contributed by atoms with van der Waals surface area (Å²) in [6.45, 7) is 0. The van der Waals surface area contributed by atoms with Crippen LogP contribution in [0.25, 0.3) is 5.57 Å². The minimum Gasteiger partial charge on any atom is -0.242 e. The predicted octanol–water partition coefficient (Wildman–Crippen LogP) is 3.67. The summed E-state index contributed by atoms with van der Waals surface area (Å²) in [5, 5.41) is 0. The van der Waals surface area contributed by atoms with Crippen LogP contribution in [0.1, 0.15) is 12.0 Å². The molecule has 1 unspecified atom stereocenters. The van der Waals surface area contributed by atoms with Crippen LogP contribution in [0.5, 0.6) is 0 Å². The van der Waals surface area contributed by atoms with Gasteiger partial charge in [-0.2, -0.15) is 0 Å². The van der Waals surface area contributed by atoms with Crippen molar-refractivity contribution in [1.82, 2.24) is 0 Å². The molecular formula is C12H10F2. The molecule has 0 aromatic heterocycles. The van der Waals surface area contributed by atoms with Gasteiger partial charge >= 0.3 is 0 Å². The first-order valence-corrected chi connectivity index (χ1v) is 4.53. The van der Waals surface area contributed by atoms with Gasteiger partial charge < -0.3 is 0 Å². The Balaban J connectivity index is 2.33. The summed E-state index contributed by atoms with van der Waals surface area (Å²) in [5.74, 6) is -0.484. The zero-order valence-electron chi connectivity index (χ0n) is 7.58. The van der Waals surface area contributed by atoms with Gasteiger partial charge in [0.2, 0.25) is 0 Å². The van der Waals surface area contributed by atoms with Gasteiger partial charge in [-0.15, -0.1) is 0 Å². The normalized spacial score (nSPS) is 21.4. The lowest BCUT2D eigenvalue weighted by Crippen LogP contribution is -2.02. The van der Waals surface area contributed by atoms with Crippen molar-refractivity contribution in [3.63, 3.8) is 0 Å². The van der Waals surface area contributed by atoms with Crippen molar-refractivity contribution in [2.24, 2.45) is 0 Å². The molecule has 72 valence electrons. The molecule has 1 aromatic rings. The van der Waals surface area contributed by atoms with E-state index < -0.39 is 12.0 Å². The zero-order chi connectivity index (χ0) is 9.97. The number of halogens is 2. The maximum atomic E-state index is 13.0. The maximum absolute atomic E-state index is 13.0. The molecule has 0 aliphatic heterocycles. The van der Waals surface area contributed by atoms with E-state index in [1.165, 1.54) is 6.08 Å². The molecule has 0 heterocycles. The lowest BCUT2D eigenvalue weighted by atomic mass is 9.96. The molecule has 0 saturated carbocycles. The first-order valence-electron chi connectivity index (χ1n) is 4.53. The number of allylic oxidation sites excluding steroid dienone is 4. The number of hydrogen-bond acceptors (Lipinski definition) is 0. The van der Waals surface area contributed by atoms with Crippen molar-refractivity contribution in [3.05, 3.63) is 53.9 Å². The maximum Gasteiger partial charge on any atom is 0.125 e. The first kappa shape index (κ1) is 9.13. The molecule has 0 amide bonds. The summed E-state index contributed by atoms with van der Waals surface area (Å²) in [7, 11) is 0. The summed E-state index contributed by atoms with van der Waals surface area (Å²) in [4.78, 5) is 0. The van der Waals surface area contributed by atoms with Crippen molar-refractivity contribution in [3.8, 4) is 0 Å². The van der Waals surface area contributed by atoms with Gasteiger partial charge in [-0.3, -0.25) is 0 Å². The van der Waals surface area contributed by atoms with Gasteiger partial charge in [-0.25, -0.2) is 8.78 Å². The quantitative estimate of drug-likeness (QED) is 0.636. The number of rotatable bonds is 1. The van der Waals surface area contributed by atoms with Gasteiger partial charge in [-0.05, 0) is 23.3 Å². The third-order valence-electron chi connectivity index (χ3n) is 2.21. The molecule has 0 N–H and O–H groups in total. The van der Waals surface area contributed by atoms with E-state index in [1.54, 1.807) is 0 Å². The molecule has 2 rings (SSSR count). The van der Waals surface area contributed by atoms with Gasteiger partial charge in [0.15, 0.2) is 0 Å². The summed E-state index contributed by atoms with van der Waals surface area (Å²) >= 11 is 0. The second-order valence-electron chi connectivity index (χ2n) is 3.31. The Morgan fingerprint density at radius 3 is 2.50 bits per heavy atom. The monoisotopic (exact) mass is 192 g/mol. The Morgan fingerprint density at radius 2 is 1.86 bits per heavy atom. The largest absolute Gasteiger partial charge is 0.242 e. The van der Waals surface area contributed by atoms with Gasteiger partial charge in [0.25, 0.3) is 0 Å². The minimum absolute atomic E-state index is 0.261. The summed E-state index contributed by atoms with van der Waals surface area (Å²) in [5.41, 5.74) is 1.61. The molecule has 14 heavy (non-hydrogen) atoms. The van der Waals surface area contributed by atoms with E-state index in [4.69, 9.17) is 0 Å². The molecule has 0 nitrogen and oxygen atoms in total. The topological polar surface area (TPSA) is 0 Å². The highest BCUT2D eigenvalue weighted by Gasteiger charge is 2.15. The van der Waals surface area contributed by atoms with Gasteiger partial charge in [0.05, 0.1) is 0 Å². The standard InChI is InChI=1S/C12H10F2/c13-11-6-10(7-12(14)8-11)9-4-2-1-3-5-9/h1-6,8,12H,7H2. The summed E-state index contributed by atoms with van der Waals surface area (Å²) in [6, 6.07) is 9.32. The average molecular weight is 192 g/mol. The SMILES string of the molecule is FC1=CC(F)CC(c2ccccc2)=C1. The lowest BCUT2D eigenvalue weighted by molar-refractivity contribution is 0.397. The van der Waals surface area contributed by atoms with E-state index in [-0.39, 0.29) is 6.42 Å². The van der Waals surface area contributed by atoms with Crippen LogP contribution in [0.2, 0.25) is 0 Å². The highest BCUT2D eigenvalue weighted by atomic mass is 19.1. The first-order chi connectivity index (χ1) is 6.75. The number of benzene rings is 1. The average Bonchev–Trinajstić information content (AvgIpc) is 2.18. The fourth-order valence-corrected chi connectivity index (χ4v) is 1.57. The van der Waals surface area contributed by atoms with Crippen LogP contribution in [0.3, 0.4) is 0 Å². The van der Waals surface area contributed by atoms with E-state index in [0.717, 1.165) is 17.2 Å². The fourth-order valence-electron chi connectivity index (χ4n) is 1.57. The molecule has 1 atom stereocenters. The Kier molecular flexibility index (Phi) is 2.44. The van der Waals surface area contributed by atoms with Crippen LogP contribution in [-0.2, 0) is 0 Å². The second kappa shape index (κ2) is 3.74. The van der Waals surface area contributed by atoms with Crippen molar-refractivity contribution in [2.75, 3.05) is 0 Å². The minimum atomic E-state index is -1.20. The van der Waals surface area contributed by atoms with E-state index in [0.29, 0.717) is 0 Å². The summed E-state index contributed by atoms with van der Waals surface area (Å²) < 4.78 is 25.9. The molecule has 1 aromatic carbocycles. The Hall–Kier alpha value is -1.44. The van der Waals surface area contributed by atoms with Gasteiger partial charge in [0, 0.05) is 6.42 Å². The summed E-state index contributed by atoms with van der Waals surface area (Å²) in [6.07, 6.45) is 1.46. The molecular weight excluding hydrogens is 182 g/mol. The van der Waals surface area contributed by atoms with Crippen LogP contribution in [0, 0.1) is 0 Å². The molecule has 0 bridgehead atoms. The third-order valence-corrected chi connectivity index (χ3v) is 2.21. The smallest absolute Gasteiger partial charge is 0.125 e. The third kappa shape index (κ3) is 1.90. The predicted molar refractivity (Wildman–Crippen MR) is 53.1 cm³/mol. The number of hydrogen-bond donors (Lipinski definition) is 0. The van der Waals surface area contributed by atoms with E-state index in [2.05, 4.69) is 0 Å². The highest BCUT2D eigenvalue weighted by Crippen LogP contribution is 2.28. The Labute approximate surface area is 81.6 Å². The fraction of sp³-hybridized carbons (Fsp3) is 0.167. The van der Waals surface area contributed by atoms with Gasteiger partial charge in [0.1, 0.15) is 12.0 Å².